The van der Waals surface area contributed by atoms with Crippen molar-refractivity contribution in [1.82, 2.24) is 15.1 Å². The average molecular weight is 309 g/mol. The summed E-state index contributed by atoms with van der Waals surface area (Å²) in [5, 5.41) is 7.56. The van der Waals surface area contributed by atoms with E-state index in [1.807, 2.05) is 30.3 Å². The molecule has 0 amide bonds. The lowest BCUT2D eigenvalue weighted by Gasteiger charge is -2.31. The number of nitrogens with one attached hydrogen (secondary N) is 1. The van der Waals surface area contributed by atoms with Crippen LogP contribution in [0, 0.1) is 0 Å². The lowest BCUT2D eigenvalue weighted by atomic mass is 10.1. The van der Waals surface area contributed by atoms with Crippen LogP contribution in [-0.2, 0) is 11.3 Å². The van der Waals surface area contributed by atoms with Crippen LogP contribution < -0.4 is 0 Å². The van der Waals surface area contributed by atoms with Crippen LogP contribution in [0.2, 0.25) is 0 Å². The number of morpholine rings is 1. The second-order valence-electron chi connectivity index (χ2n) is 5.75. The second-order valence-corrected chi connectivity index (χ2v) is 5.75. The smallest absolute Gasteiger partial charge is 0.133 e. The third-order valence-corrected chi connectivity index (χ3v) is 4.11. The van der Waals surface area contributed by atoms with Gasteiger partial charge in [0.2, 0.25) is 0 Å². The van der Waals surface area contributed by atoms with E-state index < -0.39 is 0 Å². The summed E-state index contributed by atoms with van der Waals surface area (Å²) in [5.74, 6) is 0.893. The van der Waals surface area contributed by atoms with Gasteiger partial charge in [-0.15, -0.1) is 0 Å². The fourth-order valence-electron chi connectivity index (χ4n) is 2.93. The number of hydrogen-bond donors (Lipinski definition) is 1. The largest absolute Gasteiger partial charge is 0.467 e. The Morgan fingerprint density at radius 1 is 1.17 bits per heavy atom. The molecule has 118 valence electrons. The molecular weight excluding hydrogens is 290 g/mol. The maximum absolute atomic E-state index is 5.80. The zero-order valence-electron chi connectivity index (χ0n) is 12.8. The molecule has 0 aliphatic carbocycles. The zero-order valence-corrected chi connectivity index (χ0v) is 12.8. The Morgan fingerprint density at radius 2 is 2.09 bits per heavy atom. The highest BCUT2D eigenvalue weighted by molar-refractivity contribution is 5.58. The quantitative estimate of drug-likeness (QED) is 0.804. The van der Waals surface area contributed by atoms with Crippen molar-refractivity contribution in [2.45, 2.75) is 12.6 Å². The normalized spacial score (nSPS) is 19.0. The summed E-state index contributed by atoms with van der Waals surface area (Å²) in [5.41, 5.74) is 3.23. The number of furan rings is 1. The Kier molecular flexibility index (Phi) is 3.96. The van der Waals surface area contributed by atoms with E-state index in [0.29, 0.717) is 6.61 Å². The summed E-state index contributed by atoms with van der Waals surface area (Å²) >= 11 is 0. The summed E-state index contributed by atoms with van der Waals surface area (Å²) in [4.78, 5) is 2.36. The molecule has 1 atom stereocenters. The highest BCUT2D eigenvalue weighted by Crippen LogP contribution is 2.24. The van der Waals surface area contributed by atoms with Crippen molar-refractivity contribution in [3.05, 3.63) is 66.2 Å². The van der Waals surface area contributed by atoms with E-state index in [-0.39, 0.29) is 6.10 Å². The van der Waals surface area contributed by atoms with Crippen LogP contribution in [0.25, 0.3) is 11.3 Å². The third kappa shape index (κ3) is 3.21. The van der Waals surface area contributed by atoms with Crippen LogP contribution in [-0.4, -0.2) is 34.8 Å². The molecule has 0 unspecified atom stereocenters. The van der Waals surface area contributed by atoms with Gasteiger partial charge in [0.1, 0.15) is 11.9 Å². The fourth-order valence-corrected chi connectivity index (χ4v) is 2.93. The molecule has 0 radical (unpaired) electrons. The van der Waals surface area contributed by atoms with Gasteiger partial charge in [-0.1, -0.05) is 30.3 Å². The average Bonchev–Trinajstić information content (AvgIpc) is 3.28. The molecule has 0 saturated carbocycles. The van der Waals surface area contributed by atoms with E-state index in [9.17, 15) is 0 Å². The van der Waals surface area contributed by atoms with Gasteiger partial charge in [0, 0.05) is 30.9 Å². The van der Waals surface area contributed by atoms with Gasteiger partial charge in [-0.25, -0.2) is 0 Å². The standard InChI is InChI=1S/C18H19N3O2/c1-2-5-14(6-3-1)16-11-15(19-20-16)12-21-8-10-23-18(13-21)17-7-4-9-22-17/h1-7,9,11,18H,8,10,12-13H2,(H,19,20)/t18-/m0/s1. The molecule has 0 spiro atoms. The first-order valence-corrected chi connectivity index (χ1v) is 7.85. The van der Waals surface area contributed by atoms with Gasteiger partial charge < -0.3 is 9.15 Å². The molecule has 4 rings (SSSR count). The van der Waals surface area contributed by atoms with Crippen molar-refractivity contribution in [3.63, 3.8) is 0 Å². The Balaban J connectivity index is 1.43. The van der Waals surface area contributed by atoms with Crippen LogP contribution in [0.15, 0.2) is 59.2 Å². The fraction of sp³-hybridized carbons (Fsp3) is 0.278. The van der Waals surface area contributed by atoms with Gasteiger partial charge in [0.25, 0.3) is 0 Å². The predicted molar refractivity (Wildman–Crippen MR) is 86.7 cm³/mol. The summed E-state index contributed by atoms with van der Waals surface area (Å²) in [6.45, 7) is 3.29. The molecule has 23 heavy (non-hydrogen) atoms. The van der Waals surface area contributed by atoms with Crippen molar-refractivity contribution in [2.75, 3.05) is 19.7 Å². The van der Waals surface area contributed by atoms with Crippen LogP contribution in [0.3, 0.4) is 0 Å². The number of hydrogen-bond acceptors (Lipinski definition) is 4. The molecular formula is C18H19N3O2. The Morgan fingerprint density at radius 3 is 2.91 bits per heavy atom. The van der Waals surface area contributed by atoms with E-state index in [2.05, 4.69) is 33.3 Å². The topological polar surface area (TPSA) is 54.3 Å². The van der Waals surface area contributed by atoms with Crippen LogP contribution >= 0.6 is 0 Å². The van der Waals surface area contributed by atoms with E-state index in [4.69, 9.17) is 9.15 Å². The molecule has 1 N–H and O–H groups in total. The molecule has 1 aromatic carbocycles. The van der Waals surface area contributed by atoms with E-state index >= 15 is 0 Å². The Bertz CT molecular complexity index is 737. The van der Waals surface area contributed by atoms with Crippen molar-refractivity contribution in [3.8, 4) is 11.3 Å². The van der Waals surface area contributed by atoms with Gasteiger partial charge in [0.05, 0.1) is 18.6 Å². The number of rotatable bonds is 4. The molecule has 1 aliphatic heterocycles. The minimum absolute atomic E-state index is 0.00950. The lowest BCUT2D eigenvalue weighted by molar-refractivity contribution is -0.0431. The highest BCUT2D eigenvalue weighted by Gasteiger charge is 2.24. The number of H-pyrrole nitrogens is 1. The van der Waals surface area contributed by atoms with Crippen molar-refractivity contribution >= 4 is 0 Å². The first-order valence-electron chi connectivity index (χ1n) is 7.85. The molecule has 0 bridgehead atoms. The Labute approximate surface area is 134 Å². The lowest BCUT2D eigenvalue weighted by Crippen LogP contribution is -2.37. The van der Waals surface area contributed by atoms with E-state index in [0.717, 1.165) is 42.3 Å². The van der Waals surface area contributed by atoms with E-state index in [1.54, 1.807) is 6.26 Å². The Hall–Kier alpha value is -2.37. The van der Waals surface area contributed by atoms with Gasteiger partial charge in [-0.05, 0) is 18.2 Å². The predicted octanol–water partition coefficient (Wildman–Crippen LogP) is 3.24. The van der Waals surface area contributed by atoms with Crippen LogP contribution in [0.4, 0.5) is 0 Å². The van der Waals surface area contributed by atoms with Gasteiger partial charge in [-0.2, -0.15) is 5.10 Å². The summed E-state index contributed by atoms with van der Waals surface area (Å²) in [7, 11) is 0. The summed E-state index contributed by atoms with van der Waals surface area (Å²) < 4.78 is 11.3. The van der Waals surface area contributed by atoms with Crippen LogP contribution in [0.1, 0.15) is 17.6 Å². The number of nitrogens with zero attached hydrogens (tertiary/aromatic N) is 2. The third-order valence-electron chi connectivity index (χ3n) is 4.11. The number of ether oxygens (including phenoxy) is 1. The maximum Gasteiger partial charge on any atom is 0.133 e. The minimum Gasteiger partial charge on any atom is -0.467 e. The first-order chi connectivity index (χ1) is 11.4. The summed E-state index contributed by atoms with van der Waals surface area (Å²) in [6, 6.07) is 16.2. The molecule has 3 aromatic rings. The molecule has 5 nitrogen and oxygen atoms in total. The van der Waals surface area contributed by atoms with Gasteiger partial charge in [-0.3, -0.25) is 10.00 Å². The highest BCUT2D eigenvalue weighted by atomic mass is 16.5. The van der Waals surface area contributed by atoms with Crippen molar-refractivity contribution in [2.24, 2.45) is 0 Å². The molecule has 1 saturated heterocycles. The van der Waals surface area contributed by atoms with E-state index in [1.165, 1.54) is 0 Å². The van der Waals surface area contributed by atoms with Crippen LogP contribution in [0.5, 0.6) is 0 Å². The second kappa shape index (κ2) is 6.40. The molecule has 5 heteroatoms. The number of aromatic nitrogens is 2. The maximum atomic E-state index is 5.80. The van der Waals surface area contributed by atoms with Gasteiger partial charge >= 0.3 is 0 Å². The number of benzene rings is 1. The summed E-state index contributed by atoms with van der Waals surface area (Å²) in [6.07, 6.45) is 1.70. The van der Waals surface area contributed by atoms with Crippen molar-refractivity contribution < 1.29 is 9.15 Å². The molecule has 1 fully saturated rings. The zero-order chi connectivity index (χ0) is 15.5. The SMILES string of the molecule is c1ccc(-c2cc(CN3CCO[C@H](c4ccco4)C3)[nH]n2)cc1. The minimum atomic E-state index is 0.00950. The van der Waals surface area contributed by atoms with Gasteiger partial charge in [0.15, 0.2) is 0 Å². The molecule has 3 heterocycles. The monoisotopic (exact) mass is 309 g/mol. The molecule has 2 aromatic heterocycles. The van der Waals surface area contributed by atoms with Crippen molar-refractivity contribution in [1.29, 1.82) is 0 Å². The molecule has 1 aliphatic rings. The first kappa shape index (κ1) is 14.2. The number of aromatic amines is 1.